The third kappa shape index (κ3) is 1.59. The van der Waals surface area contributed by atoms with Crippen LogP contribution in [0.5, 0.6) is 0 Å². The molecule has 4 N–H and O–H groups in total. The van der Waals surface area contributed by atoms with Gasteiger partial charge in [0.1, 0.15) is 11.6 Å². The van der Waals surface area contributed by atoms with Crippen molar-refractivity contribution >= 4 is 11.6 Å². The summed E-state index contributed by atoms with van der Waals surface area (Å²) >= 11 is 0. The molecule has 0 spiro atoms. The van der Waals surface area contributed by atoms with E-state index in [-0.39, 0.29) is 0 Å². The summed E-state index contributed by atoms with van der Waals surface area (Å²) in [6.07, 6.45) is 0. The molecule has 0 fully saturated rings. The summed E-state index contributed by atoms with van der Waals surface area (Å²) in [5, 5.41) is 2.96. The molecule has 11 heavy (non-hydrogen) atoms. The van der Waals surface area contributed by atoms with Crippen LogP contribution in [0, 0.1) is 6.92 Å². The van der Waals surface area contributed by atoms with Crippen LogP contribution in [0.4, 0.5) is 11.6 Å². The smallest absolute Gasteiger partial charge is 0.142 e. The summed E-state index contributed by atoms with van der Waals surface area (Å²) in [5.74, 6) is 6.70. The first kappa shape index (κ1) is 7.81. The Morgan fingerprint density at radius 1 is 1.45 bits per heavy atom. The molecule has 0 aliphatic carbocycles. The fourth-order valence-corrected chi connectivity index (χ4v) is 0.862. The molecule has 0 radical (unpaired) electrons. The van der Waals surface area contributed by atoms with Crippen LogP contribution in [0.3, 0.4) is 0 Å². The molecule has 1 aromatic heterocycles. The number of nitrogens with zero attached hydrogens (tertiary/aromatic N) is 1. The van der Waals surface area contributed by atoms with E-state index in [1.54, 1.807) is 0 Å². The van der Waals surface area contributed by atoms with Gasteiger partial charge in [-0.2, -0.15) is 0 Å². The van der Waals surface area contributed by atoms with Gasteiger partial charge >= 0.3 is 0 Å². The highest BCUT2D eigenvalue weighted by Gasteiger charge is 1.97. The van der Waals surface area contributed by atoms with Gasteiger partial charge in [0.05, 0.1) is 0 Å². The molecule has 0 unspecified atom stereocenters. The lowest BCUT2D eigenvalue weighted by Gasteiger charge is -2.05. The predicted molar refractivity (Wildman–Crippen MR) is 46.3 cm³/mol. The zero-order valence-corrected chi connectivity index (χ0v) is 6.68. The number of hydrogen-bond acceptors (Lipinski definition) is 4. The Morgan fingerprint density at radius 3 is 2.73 bits per heavy atom. The molecule has 4 nitrogen and oxygen atoms in total. The number of rotatable bonds is 2. The Kier molecular flexibility index (Phi) is 2.28. The highest BCUT2D eigenvalue weighted by Crippen LogP contribution is 2.12. The summed E-state index contributed by atoms with van der Waals surface area (Å²) in [5.41, 5.74) is 3.58. The summed E-state index contributed by atoms with van der Waals surface area (Å²) in [4.78, 5) is 4.16. The standard InChI is InChI=1S/C7H12N4/c1-5-3-4-6(11-8)10-7(5)9-2/h3-4H,8H2,1-2H3,(H2,9,10,11). The topological polar surface area (TPSA) is 63.0 Å². The van der Waals surface area contributed by atoms with Crippen molar-refractivity contribution in [2.24, 2.45) is 5.84 Å². The average molecular weight is 152 g/mol. The van der Waals surface area contributed by atoms with Crippen LogP contribution >= 0.6 is 0 Å². The van der Waals surface area contributed by atoms with Crippen LogP contribution in [-0.4, -0.2) is 12.0 Å². The van der Waals surface area contributed by atoms with Gasteiger partial charge in [0, 0.05) is 7.05 Å². The number of aryl methyl sites for hydroxylation is 1. The normalized spacial score (nSPS) is 9.36. The van der Waals surface area contributed by atoms with E-state index in [1.165, 1.54) is 0 Å². The van der Waals surface area contributed by atoms with Crippen molar-refractivity contribution in [3.63, 3.8) is 0 Å². The second-order valence-electron chi connectivity index (χ2n) is 2.26. The molecule has 1 heterocycles. The average Bonchev–Trinajstić information content (AvgIpc) is 2.05. The van der Waals surface area contributed by atoms with E-state index in [0.29, 0.717) is 5.82 Å². The van der Waals surface area contributed by atoms with Crippen LogP contribution in [0.15, 0.2) is 12.1 Å². The lowest BCUT2D eigenvalue weighted by molar-refractivity contribution is 1.19. The van der Waals surface area contributed by atoms with E-state index in [4.69, 9.17) is 5.84 Å². The Balaban J connectivity index is 3.02. The summed E-state index contributed by atoms with van der Waals surface area (Å²) in [7, 11) is 1.83. The number of pyridine rings is 1. The molecular formula is C7H12N4. The summed E-state index contributed by atoms with van der Waals surface area (Å²) in [6, 6.07) is 3.78. The molecule has 0 amide bonds. The van der Waals surface area contributed by atoms with Gasteiger partial charge in [0.25, 0.3) is 0 Å². The van der Waals surface area contributed by atoms with Crippen LogP contribution < -0.4 is 16.6 Å². The first-order valence-electron chi connectivity index (χ1n) is 3.40. The first-order chi connectivity index (χ1) is 5.27. The Bertz CT molecular complexity index is 246. The number of nitrogen functional groups attached to an aromatic ring is 1. The maximum absolute atomic E-state index is 5.18. The van der Waals surface area contributed by atoms with Gasteiger partial charge in [0.15, 0.2) is 0 Å². The van der Waals surface area contributed by atoms with Gasteiger partial charge in [-0.25, -0.2) is 10.8 Å². The molecular weight excluding hydrogens is 140 g/mol. The number of hydrazine groups is 1. The number of hydrogen-bond donors (Lipinski definition) is 3. The predicted octanol–water partition coefficient (Wildman–Crippen LogP) is 0.717. The van der Waals surface area contributed by atoms with Crippen molar-refractivity contribution < 1.29 is 0 Å². The van der Waals surface area contributed by atoms with Crippen molar-refractivity contribution in [1.29, 1.82) is 0 Å². The number of nitrogens with one attached hydrogen (secondary N) is 2. The molecule has 1 rings (SSSR count). The number of anilines is 2. The quantitative estimate of drug-likeness (QED) is 0.431. The minimum atomic E-state index is 0.667. The van der Waals surface area contributed by atoms with Crippen molar-refractivity contribution in [2.75, 3.05) is 17.8 Å². The second-order valence-corrected chi connectivity index (χ2v) is 2.26. The van der Waals surface area contributed by atoms with Crippen LogP contribution in [0.1, 0.15) is 5.56 Å². The molecule has 0 saturated heterocycles. The monoisotopic (exact) mass is 152 g/mol. The highest BCUT2D eigenvalue weighted by atomic mass is 15.3. The molecule has 1 aromatic rings. The lowest BCUT2D eigenvalue weighted by Crippen LogP contribution is -2.09. The molecule has 0 saturated carbocycles. The molecule has 0 aromatic carbocycles. The molecule has 0 atom stereocenters. The van der Waals surface area contributed by atoms with Gasteiger partial charge in [-0.3, -0.25) is 0 Å². The van der Waals surface area contributed by atoms with E-state index in [9.17, 15) is 0 Å². The Hall–Kier alpha value is -1.29. The Morgan fingerprint density at radius 2 is 2.18 bits per heavy atom. The van der Waals surface area contributed by atoms with Crippen molar-refractivity contribution in [3.8, 4) is 0 Å². The van der Waals surface area contributed by atoms with Gasteiger partial charge in [-0.1, -0.05) is 6.07 Å². The van der Waals surface area contributed by atoms with Gasteiger partial charge in [-0.15, -0.1) is 0 Å². The molecule has 4 heteroatoms. The minimum Gasteiger partial charge on any atom is -0.373 e. The van der Waals surface area contributed by atoms with Crippen molar-refractivity contribution in [1.82, 2.24) is 4.98 Å². The first-order valence-corrected chi connectivity index (χ1v) is 3.40. The fourth-order valence-electron chi connectivity index (χ4n) is 0.862. The van der Waals surface area contributed by atoms with Crippen molar-refractivity contribution in [3.05, 3.63) is 17.7 Å². The fraction of sp³-hybridized carbons (Fsp3) is 0.286. The molecule has 0 aliphatic heterocycles. The van der Waals surface area contributed by atoms with Crippen LogP contribution in [0.25, 0.3) is 0 Å². The second kappa shape index (κ2) is 3.21. The van der Waals surface area contributed by atoms with E-state index in [1.807, 2.05) is 26.1 Å². The summed E-state index contributed by atoms with van der Waals surface area (Å²) < 4.78 is 0. The third-order valence-corrected chi connectivity index (χ3v) is 1.48. The highest BCUT2D eigenvalue weighted by molar-refractivity contribution is 5.49. The minimum absolute atomic E-state index is 0.667. The SMILES string of the molecule is CNc1nc(NN)ccc1C. The van der Waals surface area contributed by atoms with Crippen molar-refractivity contribution in [2.45, 2.75) is 6.92 Å². The third-order valence-electron chi connectivity index (χ3n) is 1.48. The van der Waals surface area contributed by atoms with E-state index >= 15 is 0 Å². The number of nitrogens with two attached hydrogens (primary N) is 1. The Labute approximate surface area is 65.8 Å². The zero-order chi connectivity index (χ0) is 8.27. The van der Waals surface area contributed by atoms with Gasteiger partial charge in [0.2, 0.25) is 0 Å². The molecule has 0 bridgehead atoms. The zero-order valence-electron chi connectivity index (χ0n) is 6.68. The van der Waals surface area contributed by atoms with Gasteiger partial charge < -0.3 is 10.7 Å². The largest absolute Gasteiger partial charge is 0.373 e. The maximum Gasteiger partial charge on any atom is 0.142 e. The lowest BCUT2D eigenvalue weighted by atomic mass is 10.3. The number of aromatic nitrogens is 1. The van der Waals surface area contributed by atoms with E-state index in [2.05, 4.69) is 15.7 Å². The van der Waals surface area contributed by atoms with Crippen LogP contribution in [0.2, 0.25) is 0 Å². The van der Waals surface area contributed by atoms with Crippen LogP contribution in [-0.2, 0) is 0 Å². The summed E-state index contributed by atoms with van der Waals surface area (Å²) in [6.45, 7) is 1.99. The van der Waals surface area contributed by atoms with E-state index in [0.717, 1.165) is 11.4 Å². The molecule has 0 aliphatic rings. The van der Waals surface area contributed by atoms with Gasteiger partial charge in [-0.05, 0) is 18.6 Å². The maximum atomic E-state index is 5.18. The molecule has 60 valence electrons. The van der Waals surface area contributed by atoms with E-state index < -0.39 is 0 Å².